The van der Waals surface area contributed by atoms with Gasteiger partial charge in [-0.05, 0) is 37.6 Å². The minimum Gasteiger partial charge on any atom is -0.496 e. The molecule has 3 rings (SSSR count). The molecular weight excluding hydrogens is 266 g/mol. The zero-order valence-corrected chi connectivity index (χ0v) is 11.3. The zero-order valence-electron chi connectivity index (χ0n) is 10.5. The minimum atomic E-state index is 0.159. The molecule has 1 saturated heterocycles. The molecule has 1 atom stereocenters. The van der Waals surface area contributed by atoms with Gasteiger partial charge >= 0.3 is 0 Å². The molecule has 0 radical (unpaired) electrons. The molecule has 1 aromatic carbocycles. The van der Waals surface area contributed by atoms with E-state index in [9.17, 15) is 0 Å². The highest BCUT2D eigenvalue weighted by molar-refractivity contribution is 6.30. The Morgan fingerprint density at radius 3 is 3.11 bits per heavy atom. The molecule has 0 bridgehead atoms. The number of benzene rings is 1. The summed E-state index contributed by atoms with van der Waals surface area (Å²) in [5, 5.41) is 7.95. The second kappa shape index (κ2) is 5.19. The number of methoxy groups -OCH3 is 1. The normalized spacial score (nSPS) is 18.7. The highest BCUT2D eigenvalue weighted by atomic mass is 35.5. The lowest BCUT2D eigenvalue weighted by atomic mass is 10.2. The molecule has 0 amide bonds. The highest BCUT2D eigenvalue weighted by Gasteiger charge is 2.23. The number of hydrogen-bond acceptors (Lipinski definition) is 5. The van der Waals surface area contributed by atoms with Crippen molar-refractivity contribution in [1.29, 1.82) is 0 Å². The number of ether oxygens (including phenoxy) is 1. The van der Waals surface area contributed by atoms with Crippen molar-refractivity contribution in [1.82, 2.24) is 15.5 Å². The van der Waals surface area contributed by atoms with Crippen molar-refractivity contribution >= 4 is 11.6 Å². The second-order valence-corrected chi connectivity index (χ2v) is 4.89. The van der Waals surface area contributed by atoms with Gasteiger partial charge in [0.1, 0.15) is 5.75 Å². The van der Waals surface area contributed by atoms with Gasteiger partial charge in [-0.15, -0.1) is 0 Å². The van der Waals surface area contributed by atoms with Crippen LogP contribution >= 0.6 is 11.6 Å². The molecule has 1 fully saturated rings. The lowest BCUT2D eigenvalue weighted by Crippen LogP contribution is -2.12. The van der Waals surface area contributed by atoms with Crippen molar-refractivity contribution in [3.05, 3.63) is 29.1 Å². The molecule has 0 saturated carbocycles. The molecule has 19 heavy (non-hydrogen) atoms. The first kappa shape index (κ1) is 12.4. The largest absolute Gasteiger partial charge is 0.496 e. The first-order chi connectivity index (χ1) is 9.28. The smallest absolute Gasteiger partial charge is 0.244 e. The monoisotopic (exact) mass is 279 g/mol. The van der Waals surface area contributed by atoms with Crippen molar-refractivity contribution < 1.29 is 9.26 Å². The molecule has 0 aliphatic carbocycles. The van der Waals surface area contributed by atoms with Gasteiger partial charge in [-0.3, -0.25) is 0 Å². The maximum Gasteiger partial charge on any atom is 0.244 e. The Balaban J connectivity index is 1.95. The molecule has 0 unspecified atom stereocenters. The number of hydrogen-bond donors (Lipinski definition) is 1. The number of aromatic nitrogens is 2. The van der Waals surface area contributed by atoms with Gasteiger partial charge in [-0.1, -0.05) is 16.8 Å². The summed E-state index contributed by atoms with van der Waals surface area (Å²) in [5.74, 6) is 1.80. The quantitative estimate of drug-likeness (QED) is 0.936. The van der Waals surface area contributed by atoms with Gasteiger partial charge in [-0.2, -0.15) is 4.98 Å². The third-order valence-electron chi connectivity index (χ3n) is 3.20. The van der Waals surface area contributed by atoms with Crippen LogP contribution in [-0.4, -0.2) is 23.8 Å². The van der Waals surface area contributed by atoms with Crippen molar-refractivity contribution in [2.45, 2.75) is 18.9 Å². The maximum absolute atomic E-state index is 6.00. The van der Waals surface area contributed by atoms with E-state index in [0.29, 0.717) is 22.5 Å². The predicted molar refractivity (Wildman–Crippen MR) is 71.3 cm³/mol. The van der Waals surface area contributed by atoms with E-state index in [4.69, 9.17) is 20.9 Å². The Kier molecular flexibility index (Phi) is 3.40. The predicted octanol–water partition coefficient (Wildman–Crippen LogP) is 2.82. The van der Waals surface area contributed by atoms with Gasteiger partial charge in [0, 0.05) is 5.02 Å². The van der Waals surface area contributed by atoms with Crippen LogP contribution in [0.15, 0.2) is 22.7 Å². The summed E-state index contributed by atoms with van der Waals surface area (Å²) in [5.41, 5.74) is 0.739. The van der Waals surface area contributed by atoms with E-state index >= 15 is 0 Å². The van der Waals surface area contributed by atoms with Crippen LogP contribution in [-0.2, 0) is 0 Å². The standard InChI is InChI=1S/C13H14ClN3O2/c1-18-11-5-4-8(14)7-9(11)12-16-13(19-17-12)10-3-2-6-15-10/h4-5,7,10,15H,2-3,6H2,1H3/t10-/m0/s1. The molecule has 5 nitrogen and oxygen atoms in total. The van der Waals surface area contributed by atoms with Crippen LogP contribution in [0.1, 0.15) is 24.8 Å². The molecule has 1 aromatic heterocycles. The van der Waals surface area contributed by atoms with Crippen LogP contribution in [0.4, 0.5) is 0 Å². The molecule has 2 heterocycles. The lowest BCUT2D eigenvalue weighted by molar-refractivity contribution is 0.344. The molecule has 2 aromatic rings. The van der Waals surface area contributed by atoms with Gasteiger partial charge in [0.15, 0.2) is 0 Å². The van der Waals surface area contributed by atoms with E-state index in [1.54, 1.807) is 25.3 Å². The molecule has 1 aliphatic heterocycles. The maximum atomic E-state index is 6.00. The van der Waals surface area contributed by atoms with Crippen molar-refractivity contribution in [2.75, 3.05) is 13.7 Å². The Morgan fingerprint density at radius 1 is 1.47 bits per heavy atom. The average Bonchev–Trinajstić information content (AvgIpc) is 3.09. The van der Waals surface area contributed by atoms with Gasteiger partial charge in [-0.25, -0.2) is 0 Å². The number of halogens is 1. The topological polar surface area (TPSA) is 60.2 Å². The number of nitrogens with zero attached hydrogens (tertiary/aromatic N) is 2. The van der Waals surface area contributed by atoms with Crippen molar-refractivity contribution in [3.63, 3.8) is 0 Å². The Labute approximate surface area is 115 Å². The van der Waals surface area contributed by atoms with Gasteiger partial charge < -0.3 is 14.6 Å². The number of nitrogens with one attached hydrogen (secondary N) is 1. The number of rotatable bonds is 3. The molecule has 1 N–H and O–H groups in total. The summed E-state index contributed by atoms with van der Waals surface area (Å²) in [4.78, 5) is 4.43. The fraction of sp³-hybridized carbons (Fsp3) is 0.385. The molecule has 100 valence electrons. The van der Waals surface area contributed by atoms with E-state index in [1.165, 1.54) is 0 Å². The van der Waals surface area contributed by atoms with E-state index < -0.39 is 0 Å². The van der Waals surface area contributed by atoms with E-state index in [0.717, 1.165) is 24.9 Å². The summed E-state index contributed by atoms with van der Waals surface area (Å²) >= 11 is 6.00. The Morgan fingerprint density at radius 2 is 2.37 bits per heavy atom. The SMILES string of the molecule is COc1ccc(Cl)cc1-c1noc([C@@H]2CCCN2)n1. The first-order valence-corrected chi connectivity index (χ1v) is 6.56. The Bertz CT molecular complexity index is 579. The average molecular weight is 280 g/mol. The van der Waals surface area contributed by atoms with Crippen LogP contribution in [0.5, 0.6) is 5.75 Å². The molecule has 6 heteroatoms. The Hall–Kier alpha value is -1.59. The molecule has 1 aliphatic rings. The van der Waals surface area contributed by atoms with Gasteiger partial charge in [0.2, 0.25) is 11.7 Å². The molecule has 0 spiro atoms. The lowest BCUT2D eigenvalue weighted by Gasteiger charge is -2.05. The van der Waals surface area contributed by atoms with E-state index in [2.05, 4.69) is 15.5 Å². The van der Waals surface area contributed by atoms with Crippen molar-refractivity contribution in [3.8, 4) is 17.1 Å². The third-order valence-corrected chi connectivity index (χ3v) is 3.44. The summed E-state index contributed by atoms with van der Waals surface area (Å²) in [6.07, 6.45) is 2.15. The fourth-order valence-corrected chi connectivity index (χ4v) is 2.41. The highest BCUT2D eigenvalue weighted by Crippen LogP contribution is 2.32. The first-order valence-electron chi connectivity index (χ1n) is 6.19. The van der Waals surface area contributed by atoms with E-state index in [-0.39, 0.29) is 6.04 Å². The summed E-state index contributed by atoms with van der Waals surface area (Å²) in [6, 6.07) is 5.49. The van der Waals surface area contributed by atoms with E-state index in [1.807, 2.05) is 0 Å². The van der Waals surface area contributed by atoms with Crippen LogP contribution in [0.25, 0.3) is 11.4 Å². The van der Waals surface area contributed by atoms with Gasteiger partial charge in [0.05, 0.1) is 18.7 Å². The van der Waals surface area contributed by atoms with Crippen LogP contribution in [0.2, 0.25) is 5.02 Å². The zero-order chi connectivity index (χ0) is 13.2. The van der Waals surface area contributed by atoms with Gasteiger partial charge in [0.25, 0.3) is 0 Å². The van der Waals surface area contributed by atoms with Crippen LogP contribution in [0.3, 0.4) is 0 Å². The summed E-state index contributed by atoms with van der Waals surface area (Å²) in [6.45, 7) is 0.989. The summed E-state index contributed by atoms with van der Waals surface area (Å²) < 4.78 is 10.6. The minimum absolute atomic E-state index is 0.159. The van der Waals surface area contributed by atoms with Crippen molar-refractivity contribution in [2.24, 2.45) is 0 Å². The second-order valence-electron chi connectivity index (χ2n) is 4.45. The fourth-order valence-electron chi connectivity index (χ4n) is 2.24. The van der Waals surface area contributed by atoms with Crippen LogP contribution in [0, 0.1) is 0 Å². The summed E-state index contributed by atoms with van der Waals surface area (Å²) in [7, 11) is 1.60. The third kappa shape index (κ3) is 2.43. The van der Waals surface area contributed by atoms with Crippen LogP contribution < -0.4 is 10.1 Å². The molecular formula is C13H14ClN3O2.